The maximum atomic E-state index is 12.7. The summed E-state index contributed by atoms with van der Waals surface area (Å²) in [6.45, 7) is 1.49. The van der Waals surface area contributed by atoms with Gasteiger partial charge in [-0.3, -0.25) is 19.3 Å². The number of carbonyl (C=O) groups is 4. The molecule has 28 heavy (non-hydrogen) atoms. The zero-order valence-electron chi connectivity index (χ0n) is 15.9. The second-order valence-corrected chi connectivity index (χ2v) is 7.51. The standard InChI is InChI=1S/C20H25N3O5/c1-14-7-9-20(10-8-14)18(26)23(19(27)22-20)12-17(25)28-13-16(24)21-11-15-5-3-2-4-6-15/h2-6,14H,7-13H2,1H3,(H,21,24)(H,22,27). The third kappa shape index (κ3) is 4.49. The lowest BCUT2D eigenvalue weighted by Gasteiger charge is -2.33. The van der Waals surface area contributed by atoms with Crippen molar-refractivity contribution in [3.63, 3.8) is 0 Å². The summed E-state index contributed by atoms with van der Waals surface area (Å²) in [6.07, 6.45) is 2.86. The zero-order chi connectivity index (χ0) is 20.1. The van der Waals surface area contributed by atoms with Gasteiger partial charge in [0.2, 0.25) is 0 Å². The van der Waals surface area contributed by atoms with E-state index in [2.05, 4.69) is 17.6 Å². The maximum absolute atomic E-state index is 12.7. The molecule has 0 bridgehead atoms. The molecule has 8 nitrogen and oxygen atoms in total. The molecule has 1 aliphatic carbocycles. The van der Waals surface area contributed by atoms with Gasteiger partial charge in [0, 0.05) is 6.54 Å². The first kappa shape index (κ1) is 19.9. The van der Waals surface area contributed by atoms with Gasteiger partial charge in [0.1, 0.15) is 12.1 Å². The monoisotopic (exact) mass is 387 g/mol. The molecule has 150 valence electrons. The average molecular weight is 387 g/mol. The van der Waals surface area contributed by atoms with Crippen LogP contribution in [0.15, 0.2) is 30.3 Å². The van der Waals surface area contributed by atoms with E-state index >= 15 is 0 Å². The Morgan fingerprint density at radius 1 is 1.21 bits per heavy atom. The molecular formula is C20H25N3O5. The first-order valence-corrected chi connectivity index (χ1v) is 9.50. The Labute approximate surface area is 163 Å². The van der Waals surface area contributed by atoms with Crippen molar-refractivity contribution < 1.29 is 23.9 Å². The molecule has 1 heterocycles. The average Bonchev–Trinajstić information content (AvgIpc) is 2.92. The quantitative estimate of drug-likeness (QED) is 0.566. The Morgan fingerprint density at radius 3 is 2.57 bits per heavy atom. The first-order valence-electron chi connectivity index (χ1n) is 9.50. The van der Waals surface area contributed by atoms with Crippen molar-refractivity contribution in [2.24, 2.45) is 5.92 Å². The van der Waals surface area contributed by atoms with Gasteiger partial charge in [0.25, 0.3) is 11.8 Å². The van der Waals surface area contributed by atoms with E-state index in [0.717, 1.165) is 23.3 Å². The smallest absolute Gasteiger partial charge is 0.326 e. The van der Waals surface area contributed by atoms with Crippen LogP contribution in [-0.2, 0) is 25.7 Å². The normalized spacial score (nSPS) is 24.2. The Hall–Kier alpha value is -2.90. The topological polar surface area (TPSA) is 105 Å². The van der Waals surface area contributed by atoms with Crippen LogP contribution in [-0.4, -0.2) is 47.4 Å². The SMILES string of the molecule is CC1CCC2(CC1)NC(=O)N(CC(=O)OCC(=O)NCc1ccccc1)C2=O. The molecule has 0 aromatic heterocycles. The van der Waals surface area contributed by atoms with Gasteiger partial charge in [-0.2, -0.15) is 0 Å². The molecule has 2 aliphatic rings. The van der Waals surface area contributed by atoms with Crippen LogP contribution >= 0.6 is 0 Å². The van der Waals surface area contributed by atoms with E-state index in [-0.39, 0.29) is 5.91 Å². The van der Waals surface area contributed by atoms with Crippen LogP contribution in [0, 0.1) is 5.92 Å². The molecule has 2 N–H and O–H groups in total. The molecular weight excluding hydrogens is 362 g/mol. The number of carbonyl (C=O) groups excluding carboxylic acids is 4. The Kier molecular flexibility index (Phi) is 5.96. The van der Waals surface area contributed by atoms with Crippen LogP contribution in [0.3, 0.4) is 0 Å². The first-order chi connectivity index (χ1) is 13.4. The van der Waals surface area contributed by atoms with Crippen LogP contribution in [0.25, 0.3) is 0 Å². The molecule has 0 unspecified atom stereocenters. The number of hydrogen-bond donors (Lipinski definition) is 2. The minimum atomic E-state index is -0.892. The van der Waals surface area contributed by atoms with Gasteiger partial charge < -0.3 is 15.4 Å². The van der Waals surface area contributed by atoms with Crippen LogP contribution in [0.2, 0.25) is 0 Å². The predicted octanol–water partition coefficient (Wildman–Crippen LogP) is 1.35. The van der Waals surface area contributed by atoms with Crippen molar-refractivity contribution in [1.82, 2.24) is 15.5 Å². The highest BCUT2D eigenvalue weighted by molar-refractivity contribution is 6.08. The summed E-state index contributed by atoms with van der Waals surface area (Å²) in [5.41, 5.74) is 0.0327. The summed E-state index contributed by atoms with van der Waals surface area (Å²) < 4.78 is 4.92. The minimum absolute atomic E-state index is 0.325. The van der Waals surface area contributed by atoms with Gasteiger partial charge in [0.05, 0.1) is 0 Å². The second-order valence-electron chi connectivity index (χ2n) is 7.51. The van der Waals surface area contributed by atoms with E-state index in [4.69, 9.17) is 4.74 Å². The molecule has 1 aromatic rings. The summed E-state index contributed by atoms with van der Waals surface area (Å²) in [5.74, 6) is -1.11. The lowest BCUT2D eigenvalue weighted by Crippen LogP contribution is -2.49. The van der Waals surface area contributed by atoms with E-state index in [1.807, 2.05) is 30.3 Å². The zero-order valence-corrected chi connectivity index (χ0v) is 15.9. The van der Waals surface area contributed by atoms with Crippen molar-refractivity contribution in [2.45, 2.75) is 44.7 Å². The summed E-state index contributed by atoms with van der Waals surface area (Å²) in [7, 11) is 0. The Morgan fingerprint density at radius 2 is 1.89 bits per heavy atom. The molecule has 1 aromatic carbocycles. The van der Waals surface area contributed by atoms with E-state index in [1.165, 1.54) is 0 Å². The van der Waals surface area contributed by atoms with Crippen LogP contribution < -0.4 is 10.6 Å². The van der Waals surface area contributed by atoms with Gasteiger partial charge in [0.15, 0.2) is 6.61 Å². The highest BCUT2D eigenvalue weighted by atomic mass is 16.5. The summed E-state index contributed by atoms with van der Waals surface area (Å²) >= 11 is 0. The Bertz CT molecular complexity index is 756. The molecule has 1 saturated heterocycles. The van der Waals surface area contributed by atoms with Gasteiger partial charge in [-0.25, -0.2) is 4.79 Å². The van der Waals surface area contributed by atoms with E-state index in [0.29, 0.717) is 25.3 Å². The van der Waals surface area contributed by atoms with E-state index < -0.39 is 36.6 Å². The largest absolute Gasteiger partial charge is 0.454 e. The molecule has 1 saturated carbocycles. The van der Waals surface area contributed by atoms with Gasteiger partial charge >= 0.3 is 12.0 Å². The van der Waals surface area contributed by atoms with Crippen molar-refractivity contribution in [1.29, 1.82) is 0 Å². The molecule has 1 aliphatic heterocycles. The number of hydrogen-bond acceptors (Lipinski definition) is 5. The predicted molar refractivity (Wildman–Crippen MR) is 99.9 cm³/mol. The number of amides is 4. The number of esters is 1. The molecule has 0 atom stereocenters. The molecule has 0 radical (unpaired) electrons. The summed E-state index contributed by atoms with van der Waals surface area (Å²) in [5, 5.41) is 5.39. The number of imide groups is 1. The fourth-order valence-corrected chi connectivity index (χ4v) is 3.58. The van der Waals surface area contributed by atoms with Crippen LogP contribution in [0.5, 0.6) is 0 Å². The minimum Gasteiger partial charge on any atom is -0.454 e. The third-order valence-electron chi connectivity index (χ3n) is 5.36. The lowest BCUT2D eigenvalue weighted by molar-refractivity contribution is -0.151. The van der Waals surface area contributed by atoms with Crippen molar-refractivity contribution >= 4 is 23.8 Å². The van der Waals surface area contributed by atoms with Crippen molar-refractivity contribution in [2.75, 3.05) is 13.2 Å². The Balaban J connectivity index is 1.45. The fourth-order valence-electron chi connectivity index (χ4n) is 3.58. The number of urea groups is 1. The summed E-state index contributed by atoms with van der Waals surface area (Å²) in [4.78, 5) is 49.6. The third-order valence-corrected chi connectivity index (χ3v) is 5.36. The molecule has 1 spiro atoms. The number of nitrogens with one attached hydrogen (secondary N) is 2. The van der Waals surface area contributed by atoms with Crippen LogP contribution in [0.4, 0.5) is 4.79 Å². The number of benzene rings is 1. The van der Waals surface area contributed by atoms with Crippen LogP contribution in [0.1, 0.15) is 38.2 Å². The maximum Gasteiger partial charge on any atom is 0.326 e. The number of ether oxygens (including phenoxy) is 1. The van der Waals surface area contributed by atoms with Crippen molar-refractivity contribution in [3.05, 3.63) is 35.9 Å². The second kappa shape index (κ2) is 8.41. The van der Waals surface area contributed by atoms with Crippen molar-refractivity contribution in [3.8, 4) is 0 Å². The molecule has 2 fully saturated rings. The molecule has 8 heteroatoms. The lowest BCUT2D eigenvalue weighted by atomic mass is 9.77. The number of rotatable bonds is 6. The van der Waals surface area contributed by atoms with E-state index in [9.17, 15) is 19.2 Å². The summed E-state index contributed by atoms with van der Waals surface area (Å²) in [6, 6.07) is 8.75. The molecule has 4 amide bonds. The fraction of sp³-hybridized carbons (Fsp3) is 0.500. The van der Waals surface area contributed by atoms with Gasteiger partial charge in [-0.05, 0) is 37.2 Å². The highest BCUT2D eigenvalue weighted by Gasteiger charge is 2.52. The molecule has 3 rings (SSSR count). The number of nitrogens with zero attached hydrogens (tertiary/aromatic N) is 1. The van der Waals surface area contributed by atoms with Gasteiger partial charge in [-0.1, -0.05) is 37.3 Å². The highest BCUT2D eigenvalue weighted by Crippen LogP contribution is 2.36. The van der Waals surface area contributed by atoms with E-state index in [1.54, 1.807) is 0 Å². The van der Waals surface area contributed by atoms with Gasteiger partial charge in [-0.15, -0.1) is 0 Å².